The molecule has 0 bridgehead atoms. The molecule has 1 amide bonds. The van der Waals surface area contributed by atoms with E-state index in [1.54, 1.807) is 35.4 Å². The lowest BCUT2D eigenvalue weighted by atomic mass is 9.98. The van der Waals surface area contributed by atoms with E-state index in [1.165, 1.54) is 6.20 Å². The van der Waals surface area contributed by atoms with E-state index in [4.69, 9.17) is 11.6 Å². The number of rotatable bonds is 2. The average Bonchev–Trinajstić information content (AvgIpc) is 2.64. The molecule has 0 saturated carbocycles. The van der Waals surface area contributed by atoms with Crippen molar-refractivity contribution in [3.63, 3.8) is 0 Å². The van der Waals surface area contributed by atoms with E-state index in [1.807, 2.05) is 0 Å². The molecule has 26 heavy (non-hydrogen) atoms. The zero-order chi connectivity index (χ0) is 18.3. The molecule has 1 aliphatic rings. The van der Waals surface area contributed by atoms with Gasteiger partial charge in [-0.2, -0.15) is 0 Å². The molecule has 4 rings (SSSR count). The van der Waals surface area contributed by atoms with Crippen molar-refractivity contribution in [2.24, 2.45) is 0 Å². The number of nitrogens with zero attached hydrogens (tertiary/aromatic N) is 2. The van der Waals surface area contributed by atoms with Gasteiger partial charge in [0, 0.05) is 34.5 Å². The summed E-state index contributed by atoms with van der Waals surface area (Å²) in [6.45, 7) is 0.461. The molecule has 130 valence electrons. The van der Waals surface area contributed by atoms with Gasteiger partial charge in [0.05, 0.1) is 11.9 Å². The number of fused-ring (bicyclic) bond motifs is 1. The maximum atomic E-state index is 14.1. The monoisotopic (exact) mass is 370 g/mol. The molecule has 2 aromatic carbocycles. The van der Waals surface area contributed by atoms with E-state index in [9.17, 15) is 13.6 Å². The first-order valence-electron chi connectivity index (χ1n) is 8.04. The normalized spacial score (nSPS) is 13.7. The molecule has 0 unspecified atom stereocenters. The van der Waals surface area contributed by atoms with Crippen molar-refractivity contribution in [1.29, 1.82) is 0 Å². The summed E-state index contributed by atoms with van der Waals surface area (Å²) in [5, 5.41) is 0.593. The Kier molecular flexibility index (Phi) is 4.17. The number of carbonyl (C=O) groups is 1. The smallest absolute Gasteiger partial charge is 0.258 e. The highest BCUT2D eigenvalue weighted by atomic mass is 35.5. The molecular formula is C20H13ClF2N2O. The second-order valence-electron chi connectivity index (χ2n) is 6.06. The van der Waals surface area contributed by atoms with Crippen molar-refractivity contribution < 1.29 is 13.6 Å². The summed E-state index contributed by atoms with van der Waals surface area (Å²) in [5.74, 6) is -1.25. The number of benzene rings is 2. The van der Waals surface area contributed by atoms with Crippen LogP contribution in [0.15, 0.2) is 54.9 Å². The zero-order valence-electron chi connectivity index (χ0n) is 13.5. The lowest BCUT2D eigenvalue weighted by molar-refractivity contribution is 0.0980. The van der Waals surface area contributed by atoms with Gasteiger partial charge in [0.15, 0.2) is 0 Å². The number of hydrogen-bond acceptors (Lipinski definition) is 2. The van der Waals surface area contributed by atoms with Gasteiger partial charge in [0.2, 0.25) is 0 Å². The first-order valence-corrected chi connectivity index (χ1v) is 8.41. The van der Waals surface area contributed by atoms with Gasteiger partial charge < -0.3 is 4.90 Å². The van der Waals surface area contributed by atoms with Crippen LogP contribution >= 0.6 is 11.6 Å². The zero-order valence-corrected chi connectivity index (χ0v) is 14.3. The van der Waals surface area contributed by atoms with Gasteiger partial charge in [-0.15, -0.1) is 0 Å². The van der Waals surface area contributed by atoms with Crippen LogP contribution in [0, 0.1) is 11.6 Å². The Morgan fingerprint density at radius 1 is 1.00 bits per heavy atom. The van der Waals surface area contributed by atoms with Crippen LogP contribution in [-0.4, -0.2) is 17.4 Å². The van der Waals surface area contributed by atoms with Crippen molar-refractivity contribution in [1.82, 2.24) is 4.98 Å². The molecule has 3 nitrogen and oxygen atoms in total. The number of pyridine rings is 1. The average molecular weight is 371 g/mol. The lowest BCUT2D eigenvalue weighted by Gasteiger charge is -2.28. The Balaban J connectivity index is 1.72. The molecule has 0 radical (unpaired) electrons. The molecule has 1 aromatic heterocycles. The second kappa shape index (κ2) is 6.50. The summed E-state index contributed by atoms with van der Waals surface area (Å²) < 4.78 is 27.5. The van der Waals surface area contributed by atoms with Gasteiger partial charge in [-0.3, -0.25) is 9.78 Å². The van der Waals surface area contributed by atoms with Crippen LogP contribution in [0.4, 0.5) is 14.5 Å². The van der Waals surface area contributed by atoms with Gasteiger partial charge in [-0.05, 0) is 54.4 Å². The molecular weight excluding hydrogens is 358 g/mol. The molecule has 0 atom stereocenters. The van der Waals surface area contributed by atoms with E-state index in [0.717, 1.165) is 23.8 Å². The van der Waals surface area contributed by atoms with Crippen LogP contribution in [0.1, 0.15) is 15.9 Å². The van der Waals surface area contributed by atoms with Crippen molar-refractivity contribution in [3.05, 3.63) is 82.6 Å². The Hall–Kier alpha value is -2.79. The number of aromatic nitrogens is 1. The molecule has 0 aliphatic carbocycles. The topological polar surface area (TPSA) is 33.2 Å². The molecule has 2 heterocycles. The number of carbonyl (C=O) groups excluding carboxylic acids is 1. The molecule has 0 saturated heterocycles. The predicted molar refractivity (Wildman–Crippen MR) is 96.4 cm³/mol. The third-order valence-corrected chi connectivity index (χ3v) is 4.66. The molecule has 0 fully saturated rings. The number of hydrogen-bond donors (Lipinski definition) is 0. The molecule has 0 spiro atoms. The van der Waals surface area contributed by atoms with Crippen LogP contribution in [-0.2, 0) is 6.42 Å². The first kappa shape index (κ1) is 16.7. The van der Waals surface area contributed by atoms with Gasteiger partial charge >= 0.3 is 0 Å². The summed E-state index contributed by atoms with van der Waals surface area (Å²) in [6.07, 6.45) is 3.64. The maximum absolute atomic E-state index is 14.1. The van der Waals surface area contributed by atoms with Crippen molar-refractivity contribution in [3.8, 4) is 11.1 Å². The Morgan fingerprint density at radius 3 is 2.69 bits per heavy atom. The van der Waals surface area contributed by atoms with Crippen LogP contribution in [0.5, 0.6) is 0 Å². The minimum atomic E-state index is -0.546. The number of amides is 1. The largest absolute Gasteiger partial charge is 0.306 e. The third-order valence-electron chi connectivity index (χ3n) is 4.42. The summed E-state index contributed by atoms with van der Waals surface area (Å²) in [4.78, 5) is 18.5. The van der Waals surface area contributed by atoms with E-state index in [0.29, 0.717) is 34.8 Å². The van der Waals surface area contributed by atoms with Crippen LogP contribution in [0.3, 0.4) is 0 Å². The van der Waals surface area contributed by atoms with Gasteiger partial charge in [0.1, 0.15) is 11.6 Å². The summed E-state index contributed by atoms with van der Waals surface area (Å²) in [5.41, 5.74) is 2.55. The van der Waals surface area contributed by atoms with E-state index in [2.05, 4.69) is 4.98 Å². The highest BCUT2D eigenvalue weighted by molar-refractivity contribution is 6.30. The second-order valence-corrected chi connectivity index (χ2v) is 6.50. The summed E-state index contributed by atoms with van der Waals surface area (Å²) in [7, 11) is 0. The minimum Gasteiger partial charge on any atom is -0.306 e. The molecule has 6 heteroatoms. The first-order chi connectivity index (χ1) is 12.5. The summed E-state index contributed by atoms with van der Waals surface area (Å²) >= 11 is 5.99. The Bertz CT molecular complexity index is 1020. The van der Waals surface area contributed by atoms with Gasteiger partial charge in [-0.1, -0.05) is 11.6 Å². The highest BCUT2D eigenvalue weighted by Gasteiger charge is 2.26. The Labute approximate surface area is 153 Å². The van der Waals surface area contributed by atoms with Crippen molar-refractivity contribution >= 4 is 23.2 Å². The van der Waals surface area contributed by atoms with E-state index < -0.39 is 11.6 Å². The predicted octanol–water partition coefficient (Wildman–Crippen LogP) is 4.88. The van der Waals surface area contributed by atoms with Crippen molar-refractivity contribution in [2.45, 2.75) is 6.42 Å². The fraction of sp³-hybridized carbons (Fsp3) is 0.100. The SMILES string of the molecule is O=C1c2ccc(Cl)cc2CCN1c1cncc(-c2cc(F)ccc2F)c1. The van der Waals surface area contributed by atoms with Gasteiger partial charge in [0.25, 0.3) is 5.91 Å². The van der Waals surface area contributed by atoms with E-state index >= 15 is 0 Å². The van der Waals surface area contributed by atoms with Crippen LogP contribution in [0.2, 0.25) is 5.02 Å². The Morgan fingerprint density at radius 2 is 1.85 bits per heavy atom. The molecule has 1 aliphatic heterocycles. The fourth-order valence-electron chi connectivity index (χ4n) is 3.14. The van der Waals surface area contributed by atoms with Crippen molar-refractivity contribution in [2.75, 3.05) is 11.4 Å². The quantitative estimate of drug-likeness (QED) is 0.644. The van der Waals surface area contributed by atoms with Gasteiger partial charge in [-0.25, -0.2) is 8.78 Å². The standard InChI is InChI=1S/C20H13ClF2N2O/c21-14-1-3-17-12(7-14)5-6-25(20(17)26)16-8-13(10-24-11-16)18-9-15(22)2-4-19(18)23/h1-4,7-11H,5-6H2. The lowest BCUT2D eigenvalue weighted by Crippen LogP contribution is -2.37. The van der Waals surface area contributed by atoms with Crippen LogP contribution in [0.25, 0.3) is 11.1 Å². The number of anilines is 1. The fourth-order valence-corrected chi connectivity index (χ4v) is 3.34. The molecule has 0 N–H and O–H groups in total. The third kappa shape index (κ3) is 2.95. The minimum absolute atomic E-state index is 0.107. The maximum Gasteiger partial charge on any atom is 0.258 e. The molecule has 3 aromatic rings. The summed E-state index contributed by atoms with van der Waals surface area (Å²) in [6, 6.07) is 10.1. The van der Waals surface area contributed by atoms with Crippen LogP contribution < -0.4 is 4.90 Å². The number of halogens is 3. The van der Waals surface area contributed by atoms with E-state index in [-0.39, 0.29) is 11.5 Å². The highest BCUT2D eigenvalue weighted by Crippen LogP contribution is 2.30.